The molecule has 0 unspecified atom stereocenters. The maximum absolute atomic E-state index is 12.1. The monoisotopic (exact) mass is 304 g/mol. The zero-order valence-electron chi connectivity index (χ0n) is 9.51. The Kier molecular flexibility index (Phi) is 4.39. The molecule has 88 valence electrons. The van der Waals surface area contributed by atoms with Gasteiger partial charge < -0.3 is 4.74 Å². The fourth-order valence-electron chi connectivity index (χ4n) is 1.25. The van der Waals surface area contributed by atoms with Crippen LogP contribution in [0.4, 0.5) is 0 Å². The van der Waals surface area contributed by atoms with Gasteiger partial charge in [-0.3, -0.25) is 4.79 Å². The third-order valence-corrected chi connectivity index (χ3v) is 3.69. The molecule has 0 aliphatic heterocycles. The molecule has 0 heterocycles. The molecule has 0 spiro atoms. The minimum atomic E-state index is -0.555. The highest BCUT2D eigenvalue weighted by Crippen LogP contribution is 2.29. The van der Waals surface area contributed by atoms with Gasteiger partial charge in [-0.2, -0.15) is 0 Å². The standard InChI is InChI=1S/C12H14BrClO2/c1-12(2,7-14)11(15)8-4-5-9(13)10(6-8)16-3/h4-6H,7H2,1-3H3. The van der Waals surface area contributed by atoms with Crippen LogP contribution in [0.5, 0.6) is 5.75 Å². The first-order chi connectivity index (χ1) is 7.42. The first-order valence-electron chi connectivity index (χ1n) is 4.86. The van der Waals surface area contributed by atoms with E-state index >= 15 is 0 Å². The van der Waals surface area contributed by atoms with Crippen molar-refractivity contribution < 1.29 is 9.53 Å². The molecule has 1 aromatic carbocycles. The van der Waals surface area contributed by atoms with Crippen LogP contribution in [-0.2, 0) is 0 Å². The lowest BCUT2D eigenvalue weighted by Crippen LogP contribution is -2.26. The summed E-state index contributed by atoms with van der Waals surface area (Å²) in [6.45, 7) is 3.66. The third kappa shape index (κ3) is 2.77. The molecule has 1 aromatic rings. The molecule has 0 atom stereocenters. The topological polar surface area (TPSA) is 26.3 Å². The number of methoxy groups -OCH3 is 1. The van der Waals surface area contributed by atoms with Gasteiger partial charge in [-0.15, -0.1) is 11.6 Å². The molecule has 0 radical (unpaired) electrons. The molecule has 0 N–H and O–H groups in total. The van der Waals surface area contributed by atoms with Gasteiger partial charge in [0, 0.05) is 16.9 Å². The van der Waals surface area contributed by atoms with Crippen molar-refractivity contribution in [1.82, 2.24) is 0 Å². The van der Waals surface area contributed by atoms with E-state index < -0.39 is 5.41 Å². The molecule has 0 amide bonds. The van der Waals surface area contributed by atoms with Gasteiger partial charge in [0.25, 0.3) is 0 Å². The van der Waals surface area contributed by atoms with Crippen LogP contribution in [0.15, 0.2) is 22.7 Å². The van der Waals surface area contributed by atoms with E-state index in [2.05, 4.69) is 15.9 Å². The molecule has 0 saturated carbocycles. The number of halogens is 2. The Bertz CT molecular complexity index is 402. The zero-order chi connectivity index (χ0) is 12.3. The van der Waals surface area contributed by atoms with Crippen LogP contribution in [0.1, 0.15) is 24.2 Å². The van der Waals surface area contributed by atoms with Gasteiger partial charge in [0.05, 0.1) is 11.6 Å². The summed E-state index contributed by atoms with van der Waals surface area (Å²) in [5, 5.41) is 0. The van der Waals surface area contributed by atoms with Crippen molar-refractivity contribution >= 4 is 33.3 Å². The second-order valence-electron chi connectivity index (χ2n) is 4.20. The second kappa shape index (κ2) is 5.19. The molecule has 16 heavy (non-hydrogen) atoms. The molecule has 0 saturated heterocycles. The van der Waals surface area contributed by atoms with Crippen LogP contribution in [-0.4, -0.2) is 18.8 Å². The molecule has 0 aromatic heterocycles. The number of carbonyl (C=O) groups excluding carboxylic acids is 1. The summed E-state index contributed by atoms with van der Waals surface area (Å²) < 4.78 is 5.98. The number of ketones is 1. The summed E-state index contributed by atoms with van der Waals surface area (Å²) >= 11 is 9.13. The Balaban J connectivity index is 3.10. The van der Waals surface area contributed by atoms with E-state index in [9.17, 15) is 4.79 Å². The van der Waals surface area contributed by atoms with E-state index in [4.69, 9.17) is 16.3 Å². The summed E-state index contributed by atoms with van der Waals surface area (Å²) in [6, 6.07) is 5.29. The minimum Gasteiger partial charge on any atom is -0.496 e. The van der Waals surface area contributed by atoms with Crippen molar-refractivity contribution in [1.29, 1.82) is 0 Å². The fourth-order valence-corrected chi connectivity index (χ4v) is 1.78. The lowest BCUT2D eigenvalue weighted by molar-refractivity contribution is 0.0861. The van der Waals surface area contributed by atoms with Crippen molar-refractivity contribution in [2.75, 3.05) is 13.0 Å². The van der Waals surface area contributed by atoms with Crippen LogP contribution >= 0.6 is 27.5 Å². The van der Waals surface area contributed by atoms with Gasteiger partial charge in [-0.05, 0) is 34.1 Å². The van der Waals surface area contributed by atoms with Gasteiger partial charge in [0.2, 0.25) is 0 Å². The molecule has 0 aliphatic carbocycles. The summed E-state index contributed by atoms with van der Waals surface area (Å²) in [4.78, 5) is 12.1. The summed E-state index contributed by atoms with van der Waals surface area (Å²) in [6.07, 6.45) is 0. The molecule has 2 nitrogen and oxygen atoms in total. The van der Waals surface area contributed by atoms with Crippen molar-refractivity contribution in [2.24, 2.45) is 5.41 Å². The lowest BCUT2D eigenvalue weighted by atomic mass is 9.86. The van der Waals surface area contributed by atoms with Crippen molar-refractivity contribution in [3.05, 3.63) is 28.2 Å². The average molecular weight is 306 g/mol. The van der Waals surface area contributed by atoms with E-state index in [1.54, 1.807) is 25.3 Å². The minimum absolute atomic E-state index is 0.0216. The zero-order valence-corrected chi connectivity index (χ0v) is 11.9. The summed E-state index contributed by atoms with van der Waals surface area (Å²) in [5.74, 6) is 0.967. The van der Waals surface area contributed by atoms with Crippen LogP contribution in [0, 0.1) is 5.41 Å². The highest BCUT2D eigenvalue weighted by atomic mass is 79.9. The van der Waals surface area contributed by atoms with E-state index in [1.165, 1.54) is 0 Å². The molecular formula is C12H14BrClO2. The number of carbonyl (C=O) groups is 1. The van der Waals surface area contributed by atoms with Gasteiger partial charge in [0.1, 0.15) is 5.75 Å². The normalized spacial score (nSPS) is 11.3. The van der Waals surface area contributed by atoms with Crippen LogP contribution in [0.2, 0.25) is 0 Å². The fraction of sp³-hybridized carbons (Fsp3) is 0.417. The van der Waals surface area contributed by atoms with Gasteiger partial charge >= 0.3 is 0 Å². The highest BCUT2D eigenvalue weighted by Gasteiger charge is 2.28. The Labute approximate surface area is 109 Å². The summed E-state index contributed by atoms with van der Waals surface area (Å²) in [7, 11) is 1.57. The molecule has 0 fully saturated rings. The number of alkyl halides is 1. The largest absolute Gasteiger partial charge is 0.496 e. The molecule has 0 aliphatic rings. The van der Waals surface area contributed by atoms with Crippen molar-refractivity contribution in [2.45, 2.75) is 13.8 Å². The maximum Gasteiger partial charge on any atom is 0.169 e. The van der Waals surface area contributed by atoms with Crippen LogP contribution < -0.4 is 4.74 Å². The molecule has 1 rings (SSSR count). The molecular weight excluding hydrogens is 291 g/mol. The number of rotatable bonds is 4. The lowest BCUT2D eigenvalue weighted by Gasteiger charge is -2.20. The maximum atomic E-state index is 12.1. The highest BCUT2D eigenvalue weighted by molar-refractivity contribution is 9.10. The van der Waals surface area contributed by atoms with Gasteiger partial charge in [0.15, 0.2) is 5.78 Å². The van der Waals surface area contributed by atoms with Crippen molar-refractivity contribution in [3.8, 4) is 5.75 Å². The van der Waals surface area contributed by atoms with E-state index in [-0.39, 0.29) is 5.78 Å². The average Bonchev–Trinajstić information content (AvgIpc) is 2.28. The molecule has 0 bridgehead atoms. The molecule has 4 heteroatoms. The Morgan fingerprint density at radius 1 is 1.50 bits per heavy atom. The smallest absolute Gasteiger partial charge is 0.169 e. The Morgan fingerprint density at radius 2 is 2.12 bits per heavy atom. The van der Waals surface area contributed by atoms with Gasteiger partial charge in [-0.25, -0.2) is 0 Å². The number of Topliss-reactive ketones (excluding diaryl/α,β-unsaturated/α-hetero) is 1. The Morgan fingerprint density at radius 3 is 2.62 bits per heavy atom. The predicted octanol–water partition coefficient (Wildman–Crippen LogP) is 3.91. The predicted molar refractivity (Wildman–Crippen MR) is 69.5 cm³/mol. The summed E-state index contributed by atoms with van der Waals surface area (Å²) in [5.41, 5.74) is 0.0612. The van der Waals surface area contributed by atoms with E-state index in [0.717, 1.165) is 4.47 Å². The first kappa shape index (κ1) is 13.5. The van der Waals surface area contributed by atoms with E-state index in [1.807, 2.05) is 13.8 Å². The Hall–Kier alpha value is -0.540. The number of ether oxygens (including phenoxy) is 1. The first-order valence-corrected chi connectivity index (χ1v) is 6.19. The van der Waals surface area contributed by atoms with Crippen molar-refractivity contribution in [3.63, 3.8) is 0 Å². The number of benzene rings is 1. The number of hydrogen-bond donors (Lipinski definition) is 0. The van der Waals surface area contributed by atoms with Crippen LogP contribution in [0.25, 0.3) is 0 Å². The quantitative estimate of drug-likeness (QED) is 0.623. The van der Waals surface area contributed by atoms with Crippen LogP contribution in [0.3, 0.4) is 0 Å². The third-order valence-electron chi connectivity index (χ3n) is 2.36. The number of hydrogen-bond acceptors (Lipinski definition) is 2. The van der Waals surface area contributed by atoms with Gasteiger partial charge in [-0.1, -0.05) is 13.8 Å². The second-order valence-corrected chi connectivity index (χ2v) is 5.32. The SMILES string of the molecule is COc1cc(C(=O)C(C)(C)CCl)ccc1Br. The van der Waals surface area contributed by atoms with E-state index in [0.29, 0.717) is 17.2 Å².